The van der Waals surface area contributed by atoms with Crippen LogP contribution in [0.15, 0.2) is 36.4 Å². The van der Waals surface area contributed by atoms with E-state index in [4.69, 9.17) is 9.47 Å². The third-order valence-corrected chi connectivity index (χ3v) is 10.9. The van der Waals surface area contributed by atoms with Crippen molar-refractivity contribution in [1.29, 1.82) is 0 Å². The summed E-state index contributed by atoms with van der Waals surface area (Å²) in [4.78, 5) is 46.5. The normalized spacial score (nSPS) is 36.9. The van der Waals surface area contributed by atoms with Crippen molar-refractivity contribution >= 4 is 23.4 Å². The van der Waals surface area contributed by atoms with Crippen LogP contribution in [-0.4, -0.2) is 84.6 Å². The third-order valence-electron chi connectivity index (χ3n) is 10.9. The Kier molecular flexibility index (Phi) is 8.57. The number of anilines is 1. The Bertz CT molecular complexity index is 1240. The van der Waals surface area contributed by atoms with Gasteiger partial charge in [0.2, 0.25) is 17.7 Å². The predicted octanol–water partition coefficient (Wildman–Crippen LogP) is 3.85. The lowest BCUT2D eigenvalue weighted by atomic mass is 9.73. The number of ether oxygens (including phenoxy) is 2. The topological polar surface area (TPSA) is 100 Å². The van der Waals surface area contributed by atoms with Gasteiger partial charge in [0.05, 0.1) is 25.0 Å². The van der Waals surface area contributed by atoms with E-state index in [2.05, 4.69) is 36.3 Å². The Morgan fingerprint density at radius 2 is 1.84 bits per heavy atom. The van der Waals surface area contributed by atoms with Gasteiger partial charge < -0.3 is 29.9 Å². The van der Waals surface area contributed by atoms with Gasteiger partial charge in [-0.05, 0) is 80.8 Å². The van der Waals surface area contributed by atoms with Gasteiger partial charge in [0.1, 0.15) is 17.4 Å². The van der Waals surface area contributed by atoms with Crippen LogP contribution in [0.4, 0.5) is 5.69 Å². The van der Waals surface area contributed by atoms with Gasteiger partial charge in [-0.15, -0.1) is 0 Å². The van der Waals surface area contributed by atoms with Crippen molar-refractivity contribution in [1.82, 2.24) is 15.1 Å². The number of carbonyl (C=O) groups excluding carboxylic acids is 3. The summed E-state index contributed by atoms with van der Waals surface area (Å²) < 4.78 is 11.8. The molecular weight excluding hydrogens is 544 g/mol. The maximum atomic E-state index is 14.3. The van der Waals surface area contributed by atoms with Crippen molar-refractivity contribution in [3.05, 3.63) is 36.4 Å². The van der Waals surface area contributed by atoms with Crippen molar-refractivity contribution in [3.63, 3.8) is 0 Å². The number of piperidine rings is 1. The molecule has 2 N–H and O–H groups in total. The molecule has 5 aliphatic rings. The van der Waals surface area contributed by atoms with E-state index in [1.165, 1.54) is 19.3 Å². The molecular formula is C34H48N4O5. The fourth-order valence-corrected chi connectivity index (χ4v) is 8.41. The molecule has 2 bridgehead atoms. The number of methoxy groups -OCH3 is 1. The first-order valence-electron chi connectivity index (χ1n) is 16.4. The number of hydrogen-bond acceptors (Lipinski definition) is 6. The summed E-state index contributed by atoms with van der Waals surface area (Å²) in [6.07, 6.45) is 9.66. The van der Waals surface area contributed by atoms with Crippen molar-refractivity contribution in [2.75, 3.05) is 38.6 Å². The number of fused-ring (bicyclic) bond motifs is 1. The van der Waals surface area contributed by atoms with Gasteiger partial charge in [0.25, 0.3) is 0 Å². The van der Waals surface area contributed by atoms with E-state index in [1.54, 1.807) is 36.3 Å². The monoisotopic (exact) mass is 592 g/mol. The van der Waals surface area contributed by atoms with Crippen LogP contribution in [0.1, 0.15) is 59.3 Å². The first-order valence-corrected chi connectivity index (χ1v) is 16.4. The van der Waals surface area contributed by atoms with E-state index in [0.717, 1.165) is 38.9 Å². The first kappa shape index (κ1) is 30.1. The second-order valence-corrected chi connectivity index (χ2v) is 13.7. The highest BCUT2D eigenvalue weighted by molar-refractivity contribution is 6.02. The molecule has 9 nitrogen and oxygen atoms in total. The number of hydrogen-bond donors (Lipinski definition) is 2. The summed E-state index contributed by atoms with van der Waals surface area (Å²) in [5, 5.41) is 6.34. The van der Waals surface area contributed by atoms with Crippen LogP contribution in [0, 0.1) is 29.6 Å². The van der Waals surface area contributed by atoms with E-state index in [0.29, 0.717) is 35.7 Å². The van der Waals surface area contributed by atoms with Gasteiger partial charge in [0.15, 0.2) is 0 Å². The lowest BCUT2D eigenvalue weighted by Crippen LogP contribution is -2.58. The number of benzene rings is 1. The second-order valence-electron chi connectivity index (χ2n) is 13.7. The molecule has 3 amide bonds. The Hall–Kier alpha value is -2.91. The predicted molar refractivity (Wildman–Crippen MR) is 164 cm³/mol. The minimum Gasteiger partial charge on any atom is -0.497 e. The highest BCUT2D eigenvalue weighted by Gasteiger charge is 2.72. The molecule has 0 unspecified atom stereocenters. The van der Waals surface area contributed by atoms with Crippen LogP contribution >= 0.6 is 0 Å². The maximum absolute atomic E-state index is 14.3. The summed E-state index contributed by atoms with van der Waals surface area (Å²) in [6, 6.07) is 6.40. The molecule has 1 aromatic rings. The Labute approximate surface area is 255 Å². The van der Waals surface area contributed by atoms with Crippen LogP contribution in [-0.2, 0) is 19.1 Å². The fraction of sp³-hybridized carbons (Fsp3) is 0.676. The largest absolute Gasteiger partial charge is 0.497 e. The lowest BCUT2D eigenvalue weighted by molar-refractivity contribution is -0.141. The molecule has 4 heterocycles. The maximum Gasteiger partial charge on any atom is 0.246 e. The average Bonchev–Trinajstić information content (AvgIpc) is 3.63. The second kappa shape index (κ2) is 12.2. The van der Waals surface area contributed by atoms with Crippen molar-refractivity contribution in [3.8, 4) is 5.75 Å². The fourth-order valence-electron chi connectivity index (χ4n) is 8.41. The minimum atomic E-state index is -1.14. The zero-order valence-electron chi connectivity index (χ0n) is 26.1. The standard InChI is InChI=1S/C34H48N4O5/c1-21-8-6-17-37(20-21)18-7-19-38-30(32(40)36-26-10-5-9-22(2)23(26)3)34-16-15-27(43-34)28(29(34)33(38)41)31(39)35-24-11-13-25(42-4)14-12-24/h11-16,21-23,26-30H,5-10,17-20H2,1-4H3,(H,35,39)(H,36,40)/t21-,22+,23+,26+,27+,28-,29+,30+,34+/m0/s1. The first-order chi connectivity index (χ1) is 20.7. The average molecular weight is 593 g/mol. The molecule has 9 heteroatoms. The molecule has 1 spiro atoms. The van der Waals surface area contributed by atoms with Gasteiger partial charge in [-0.1, -0.05) is 45.8 Å². The summed E-state index contributed by atoms with van der Waals surface area (Å²) in [5.74, 6) is 0.231. The highest BCUT2D eigenvalue weighted by atomic mass is 16.5. The van der Waals surface area contributed by atoms with E-state index in [9.17, 15) is 14.4 Å². The molecule has 4 fully saturated rings. The molecule has 3 saturated heterocycles. The number of rotatable bonds is 9. The van der Waals surface area contributed by atoms with E-state index in [1.807, 2.05) is 12.2 Å². The highest BCUT2D eigenvalue weighted by Crippen LogP contribution is 2.55. The van der Waals surface area contributed by atoms with Gasteiger partial charge >= 0.3 is 0 Å². The van der Waals surface area contributed by atoms with E-state index in [-0.39, 0.29) is 23.8 Å². The summed E-state index contributed by atoms with van der Waals surface area (Å²) in [7, 11) is 1.60. The third kappa shape index (κ3) is 5.59. The van der Waals surface area contributed by atoms with Gasteiger partial charge in [-0.2, -0.15) is 0 Å². The molecule has 6 rings (SSSR count). The lowest BCUT2D eigenvalue weighted by Gasteiger charge is -2.38. The van der Waals surface area contributed by atoms with Gasteiger partial charge in [-0.25, -0.2) is 0 Å². The number of carbonyl (C=O) groups is 3. The van der Waals surface area contributed by atoms with Crippen LogP contribution in [0.25, 0.3) is 0 Å². The quantitative estimate of drug-likeness (QED) is 0.423. The number of nitrogens with zero attached hydrogens (tertiary/aromatic N) is 2. The van der Waals surface area contributed by atoms with E-state index < -0.39 is 29.6 Å². The van der Waals surface area contributed by atoms with E-state index >= 15 is 0 Å². The van der Waals surface area contributed by atoms with Crippen molar-refractivity contribution in [2.45, 2.75) is 83.1 Å². The van der Waals surface area contributed by atoms with Crippen molar-refractivity contribution < 1.29 is 23.9 Å². The Morgan fingerprint density at radius 1 is 1.05 bits per heavy atom. The molecule has 9 atom stereocenters. The smallest absolute Gasteiger partial charge is 0.246 e. The Morgan fingerprint density at radius 3 is 2.58 bits per heavy atom. The number of nitrogens with one attached hydrogen (secondary N) is 2. The summed E-state index contributed by atoms with van der Waals surface area (Å²) in [6.45, 7) is 10.3. The summed E-state index contributed by atoms with van der Waals surface area (Å²) in [5.41, 5.74) is -0.518. The van der Waals surface area contributed by atoms with Gasteiger partial charge in [0, 0.05) is 24.8 Å². The molecule has 1 saturated carbocycles. The van der Waals surface area contributed by atoms with Crippen molar-refractivity contribution in [2.24, 2.45) is 29.6 Å². The Balaban J connectivity index is 1.23. The van der Waals surface area contributed by atoms with Crippen LogP contribution in [0.5, 0.6) is 5.75 Å². The zero-order chi connectivity index (χ0) is 30.3. The minimum absolute atomic E-state index is 0.0650. The number of likely N-dealkylation sites (tertiary alicyclic amines) is 2. The zero-order valence-corrected chi connectivity index (χ0v) is 26.1. The molecule has 1 aromatic carbocycles. The molecule has 0 radical (unpaired) electrons. The van der Waals surface area contributed by atoms with Crippen LogP contribution in [0.3, 0.4) is 0 Å². The molecule has 234 valence electrons. The number of amides is 3. The molecule has 43 heavy (non-hydrogen) atoms. The van der Waals surface area contributed by atoms with Gasteiger partial charge in [-0.3, -0.25) is 14.4 Å². The molecule has 0 aromatic heterocycles. The van der Waals surface area contributed by atoms with Crippen LogP contribution in [0.2, 0.25) is 0 Å². The summed E-state index contributed by atoms with van der Waals surface area (Å²) >= 11 is 0. The molecule has 1 aliphatic carbocycles. The SMILES string of the molecule is COc1ccc(NC(=O)[C@H]2[C@H]3C=C[C@@]4(O3)[C@H]2C(=O)N(CCCN2CCC[C@H](C)C2)[C@@H]4C(=O)N[C@@H]2CCC[C@@H](C)[C@H]2C)cc1. The molecule has 4 aliphatic heterocycles. The van der Waals surface area contributed by atoms with Crippen LogP contribution < -0.4 is 15.4 Å².